The molecule has 0 aliphatic carbocycles. The molecule has 7 nitrogen and oxygen atoms in total. The van der Waals surface area contributed by atoms with E-state index in [1.54, 1.807) is 13.8 Å². The quantitative estimate of drug-likeness (QED) is 0.515. The first-order chi connectivity index (χ1) is 7.07. The van der Waals surface area contributed by atoms with Gasteiger partial charge in [0, 0.05) is 13.2 Å². The molecule has 0 unspecified atom stereocenters. The second-order valence-electron chi connectivity index (χ2n) is 2.61. The van der Waals surface area contributed by atoms with E-state index < -0.39 is 19.5 Å². The number of nitrogens with zero attached hydrogens (tertiary/aromatic N) is 2. The third-order valence-electron chi connectivity index (χ3n) is 1.69. The van der Waals surface area contributed by atoms with E-state index in [1.807, 2.05) is 0 Å². The monoisotopic (exact) mass is 234 g/mol. The smallest absolute Gasteiger partial charge is 0.338 e. The zero-order chi connectivity index (χ0) is 11.5. The van der Waals surface area contributed by atoms with Crippen LogP contribution in [0.25, 0.3) is 0 Å². The lowest BCUT2D eigenvalue weighted by Gasteiger charge is -2.23. The van der Waals surface area contributed by atoms with Crippen LogP contribution in [0.2, 0.25) is 0 Å². The van der Waals surface area contributed by atoms with Crippen LogP contribution in [-0.2, 0) is 23.4 Å². The van der Waals surface area contributed by atoms with Crippen LogP contribution in [-0.4, -0.2) is 35.9 Å². The summed E-state index contributed by atoms with van der Waals surface area (Å²) in [4.78, 5) is 11.6. The predicted octanol–water partition coefficient (Wildman–Crippen LogP) is 0.672. The highest BCUT2D eigenvalue weighted by Gasteiger charge is 2.49. The largest absolute Gasteiger partial charge is 0.450 e. The summed E-state index contributed by atoms with van der Waals surface area (Å²) in [5.41, 5.74) is 0. The number of hydrogen-bond acceptors (Lipinski definition) is 6. The standard InChI is InChI=1S/C7H11N2O5P/c1-3-13-7(14-4-2)5-8-9(6(7)10)15(11)12/h5H,3-4H2,1-2H3. The predicted molar refractivity (Wildman–Crippen MR) is 49.6 cm³/mol. The van der Waals surface area contributed by atoms with E-state index in [0.717, 1.165) is 6.21 Å². The van der Waals surface area contributed by atoms with Crippen LogP contribution in [0, 0.1) is 0 Å². The van der Waals surface area contributed by atoms with E-state index in [0.29, 0.717) is 4.78 Å². The van der Waals surface area contributed by atoms with Gasteiger partial charge in [-0.2, -0.15) is 5.10 Å². The van der Waals surface area contributed by atoms with Gasteiger partial charge in [0.1, 0.15) is 0 Å². The normalized spacial score (nSPS) is 18.5. The van der Waals surface area contributed by atoms with E-state index >= 15 is 0 Å². The Morgan fingerprint density at radius 1 is 1.40 bits per heavy atom. The van der Waals surface area contributed by atoms with Crippen LogP contribution >= 0.6 is 7.83 Å². The molecule has 0 saturated carbocycles. The summed E-state index contributed by atoms with van der Waals surface area (Å²) in [7, 11) is -3.09. The van der Waals surface area contributed by atoms with Crippen molar-refractivity contribution in [2.75, 3.05) is 13.2 Å². The Hall–Kier alpha value is -1.04. The van der Waals surface area contributed by atoms with E-state index in [4.69, 9.17) is 9.47 Å². The van der Waals surface area contributed by atoms with Crippen molar-refractivity contribution in [3.05, 3.63) is 0 Å². The van der Waals surface area contributed by atoms with Crippen molar-refractivity contribution in [3.8, 4) is 0 Å². The summed E-state index contributed by atoms with van der Waals surface area (Å²) >= 11 is 0. The average molecular weight is 234 g/mol. The Kier molecular flexibility index (Phi) is 3.73. The third-order valence-corrected chi connectivity index (χ3v) is 2.28. The lowest BCUT2D eigenvalue weighted by molar-refractivity contribution is -0.193. The van der Waals surface area contributed by atoms with Crippen LogP contribution in [0.15, 0.2) is 5.10 Å². The van der Waals surface area contributed by atoms with Gasteiger partial charge in [0.25, 0.3) is 5.79 Å². The van der Waals surface area contributed by atoms with Gasteiger partial charge in [-0.05, 0) is 13.8 Å². The molecular formula is C7H11N2O5P. The molecule has 1 heterocycles. The summed E-state index contributed by atoms with van der Waals surface area (Å²) in [6.07, 6.45) is 1.05. The Bertz CT molecular complexity index is 337. The fourth-order valence-electron chi connectivity index (χ4n) is 1.16. The molecule has 0 fully saturated rings. The van der Waals surface area contributed by atoms with Gasteiger partial charge in [0.05, 0.1) is 6.21 Å². The van der Waals surface area contributed by atoms with Crippen molar-refractivity contribution in [1.82, 2.24) is 4.78 Å². The van der Waals surface area contributed by atoms with Gasteiger partial charge in [-0.3, -0.25) is 4.79 Å². The van der Waals surface area contributed by atoms with Gasteiger partial charge in [-0.1, -0.05) is 0 Å². The number of amides is 1. The van der Waals surface area contributed by atoms with E-state index in [-0.39, 0.29) is 13.2 Å². The molecule has 0 aromatic carbocycles. The fraction of sp³-hybridized carbons (Fsp3) is 0.714. The molecule has 0 aromatic rings. The first-order valence-electron chi connectivity index (χ1n) is 4.39. The number of ether oxygens (including phenoxy) is 2. The Morgan fingerprint density at radius 2 is 1.93 bits per heavy atom. The molecule has 0 spiro atoms. The molecule has 1 aliphatic rings. The molecule has 84 valence electrons. The molecule has 0 saturated heterocycles. The molecular weight excluding hydrogens is 223 g/mol. The summed E-state index contributed by atoms with van der Waals surface area (Å²) in [5, 5.41) is 3.42. The molecule has 1 aliphatic heterocycles. The molecule has 8 heteroatoms. The Labute approximate surface area is 86.9 Å². The van der Waals surface area contributed by atoms with Crippen LogP contribution in [0.1, 0.15) is 13.8 Å². The fourth-order valence-corrected chi connectivity index (χ4v) is 1.59. The summed E-state index contributed by atoms with van der Waals surface area (Å²) in [5.74, 6) is -2.53. The Balaban J connectivity index is 2.94. The highest BCUT2D eigenvalue weighted by molar-refractivity contribution is 7.29. The molecule has 1 amide bonds. The second-order valence-corrected chi connectivity index (χ2v) is 3.47. The molecule has 0 N–H and O–H groups in total. The van der Waals surface area contributed by atoms with Crippen molar-refractivity contribution in [3.63, 3.8) is 0 Å². The van der Waals surface area contributed by atoms with Crippen LogP contribution in [0.3, 0.4) is 0 Å². The number of carbonyl (C=O) groups is 1. The topological polar surface area (TPSA) is 85.3 Å². The van der Waals surface area contributed by atoms with Crippen LogP contribution in [0.5, 0.6) is 0 Å². The van der Waals surface area contributed by atoms with Crippen LogP contribution < -0.4 is 0 Å². The van der Waals surface area contributed by atoms with Crippen molar-refractivity contribution in [2.45, 2.75) is 19.6 Å². The summed E-state index contributed by atoms with van der Waals surface area (Å²) in [6.45, 7) is 3.76. The lowest BCUT2D eigenvalue weighted by atomic mass is 10.3. The maximum atomic E-state index is 11.6. The second kappa shape index (κ2) is 4.65. The minimum Gasteiger partial charge on any atom is -0.338 e. The maximum absolute atomic E-state index is 11.6. The summed E-state index contributed by atoms with van der Waals surface area (Å²) in [6, 6.07) is 0. The summed E-state index contributed by atoms with van der Waals surface area (Å²) < 4.78 is 31.8. The minimum absolute atomic E-state index is 0.210. The van der Waals surface area contributed by atoms with Gasteiger partial charge in [-0.15, -0.1) is 4.78 Å². The Morgan fingerprint density at radius 3 is 2.27 bits per heavy atom. The molecule has 0 atom stereocenters. The number of rotatable bonds is 5. The van der Waals surface area contributed by atoms with Gasteiger partial charge in [0.2, 0.25) is 0 Å². The first-order valence-corrected chi connectivity index (χ1v) is 5.52. The van der Waals surface area contributed by atoms with Crippen molar-refractivity contribution < 1.29 is 23.4 Å². The molecule has 0 bridgehead atoms. The highest BCUT2D eigenvalue weighted by atomic mass is 31.1. The average Bonchev–Trinajstić information content (AvgIpc) is 2.46. The first kappa shape index (κ1) is 12.0. The molecule has 0 radical (unpaired) electrons. The van der Waals surface area contributed by atoms with Gasteiger partial charge < -0.3 is 9.47 Å². The van der Waals surface area contributed by atoms with Gasteiger partial charge >= 0.3 is 13.7 Å². The highest BCUT2D eigenvalue weighted by Crippen LogP contribution is 2.28. The zero-order valence-corrected chi connectivity index (χ0v) is 9.27. The number of hydrogen-bond donors (Lipinski definition) is 0. The molecule has 1 rings (SSSR count). The minimum atomic E-state index is -3.09. The number of hydrazone groups is 1. The van der Waals surface area contributed by atoms with Crippen molar-refractivity contribution in [1.29, 1.82) is 0 Å². The van der Waals surface area contributed by atoms with Gasteiger partial charge in [-0.25, -0.2) is 9.13 Å². The van der Waals surface area contributed by atoms with Crippen molar-refractivity contribution in [2.24, 2.45) is 5.10 Å². The number of carbonyl (C=O) groups excluding carboxylic acids is 1. The lowest BCUT2D eigenvalue weighted by Crippen LogP contribution is -2.46. The van der Waals surface area contributed by atoms with Gasteiger partial charge in [0.15, 0.2) is 0 Å². The molecule has 0 aromatic heterocycles. The van der Waals surface area contributed by atoms with E-state index in [1.165, 1.54) is 0 Å². The third kappa shape index (κ3) is 2.14. The van der Waals surface area contributed by atoms with Crippen LogP contribution in [0.4, 0.5) is 0 Å². The van der Waals surface area contributed by atoms with Crippen molar-refractivity contribution >= 4 is 20.0 Å². The molecule has 15 heavy (non-hydrogen) atoms. The zero-order valence-electron chi connectivity index (χ0n) is 8.37. The SMILES string of the molecule is CCOC1(OCC)C=NN(P(=O)=O)C1=O. The maximum Gasteiger partial charge on any atom is 0.450 e. The van der Waals surface area contributed by atoms with E-state index in [9.17, 15) is 13.9 Å². The van der Waals surface area contributed by atoms with E-state index in [2.05, 4.69) is 5.10 Å².